The average Bonchev–Trinajstić information content (AvgIpc) is 2.76. The summed E-state index contributed by atoms with van der Waals surface area (Å²) in [6, 6.07) is 13.0. The number of pyridine rings is 2. The van der Waals surface area contributed by atoms with Crippen molar-refractivity contribution in [2.45, 2.75) is 13.0 Å². The van der Waals surface area contributed by atoms with Gasteiger partial charge in [-0.3, -0.25) is 4.98 Å². The fourth-order valence-electron chi connectivity index (χ4n) is 3.35. The molecule has 0 bridgehead atoms. The van der Waals surface area contributed by atoms with Crippen LogP contribution in [0.15, 0.2) is 60.9 Å². The second-order valence-corrected chi connectivity index (χ2v) is 7.21. The number of halogens is 3. The summed E-state index contributed by atoms with van der Waals surface area (Å²) in [5, 5.41) is 4.55. The van der Waals surface area contributed by atoms with Crippen molar-refractivity contribution in [2.24, 2.45) is 0 Å². The number of rotatable bonds is 5. The van der Waals surface area contributed by atoms with Gasteiger partial charge in [0.05, 0.1) is 35.6 Å². The molecule has 0 fully saturated rings. The Bertz CT molecular complexity index is 1230. The van der Waals surface area contributed by atoms with Crippen molar-refractivity contribution in [3.05, 3.63) is 83.1 Å². The quantitative estimate of drug-likeness (QED) is 0.401. The van der Waals surface area contributed by atoms with E-state index in [1.54, 1.807) is 12.3 Å². The Hall–Kier alpha value is -3.25. The lowest BCUT2D eigenvalue weighted by molar-refractivity contribution is 0.396. The van der Waals surface area contributed by atoms with Crippen LogP contribution in [0, 0.1) is 11.6 Å². The van der Waals surface area contributed by atoms with E-state index >= 15 is 0 Å². The molecule has 0 saturated carbocycles. The Morgan fingerprint density at radius 3 is 2.60 bits per heavy atom. The number of hydrogen-bond acceptors (Lipinski definition) is 4. The van der Waals surface area contributed by atoms with Crippen LogP contribution in [0.2, 0.25) is 5.02 Å². The number of methoxy groups -OCH3 is 1. The van der Waals surface area contributed by atoms with E-state index in [1.807, 2.05) is 31.2 Å². The van der Waals surface area contributed by atoms with E-state index in [0.717, 1.165) is 17.1 Å². The molecule has 0 aliphatic rings. The van der Waals surface area contributed by atoms with E-state index in [0.29, 0.717) is 21.8 Å². The normalized spacial score (nSPS) is 12.0. The number of nitrogens with one attached hydrogen (secondary N) is 1. The smallest absolute Gasteiger partial charge is 0.213 e. The zero-order valence-corrected chi connectivity index (χ0v) is 17.0. The van der Waals surface area contributed by atoms with Crippen molar-refractivity contribution in [3.63, 3.8) is 0 Å². The lowest BCUT2D eigenvalue weighted by Gasteiger charge is -2.20. The summed E-state index contributed by atoms with van der Waals surface area (Å²) in [6.45, 7) is 1.82. The second-order valence-electron chi connectivity index (χ2n) is 6.81. The summed E-state index contributed by atoms with van der Waals surface area (Å²) in [6.07, 6.45) is 2.64. The number of hydrogen-bond donors (Lipinski definition) is 1. The van der Waals surface area contributed by atoms with Crippen molar-refractivity contribution in [1.29, 1.82) is 0 Å². The van der Waals surface area contributed by atoms with Gasteiger partial charge in [0.1, 0.15) is 11.6 Å². The highest BCUT2D eigenvalue weighted by molar-refractivity contribution is 6.34. The monoisotopic (exact) mass is 425 g/mol. The van der Waals surface area contributed by atoms with Crippen molar-refractivity contribution in [2.75, 3.05) is 12.4 Å². The minimum Gasteiger partial charge on any atom is -0.481 e. The highest BCUT2D eigenvalue weighted by Gasteiger charge is 2.17. The van der Waals surface area contributed by atoms with Gasteiger partial charge in [-0.05, 0) is 30.7 Å². The van der Waals surface area contributed by atoms with Crippen LogP contribution in [0.4, 0.5) is 14.5 Å². The van der Waals surface area contributed by atoms with Crippen LogP contribution in [0.3, 0.4) is 0 Å². The average molecular weight is 426 g/mol. The number of aromatic nitrogens is 2. The number of anilines is 1. The number of fused-ring (bicyclic) bond motifs is 1. The number of nitrogens with zero attached hydrogens (tertiary/aromatic N) is 2. The molecule has 1 atom stereocenters. The molecule has 4 nitrogen and oxygen atoms in total. The molecule has 4 rings (SSSR count). The van der Waals surface area contributed by atoms with Gasteiger partial charge in [0.2, 0.25) is 5.88 Å². The first kappa shape index (κ1) is 20.0. The van der Waals surface area contributed by atoms with Crippen LogP contribution < -0.4 is 10.1 Å². The summed E-state index contributed by atoms with van der Waals surface area (Å²) in [4.78, 5) is 8.16. The van der Waals surface area contributed by atoms with Gasteiger partial charge in [0, 0.05) is 28.8 Å². The van der Waals surface area contributed by atoms with Gasteiger partial charge in [0.15, 0.2) is 0 Å². The molecule has 0 amide bonds. The predicted octanol–water partition coefficient (Wildman–Crippen LogP) is 6.41. The maximum absolute atomic E-state index is 14.7. The Labute approximate surface area is 177 Å². The van der Waals surface area contributed by atoms with E-state index in [2.05, 4.69) is 15.3 Å². The van der Waals surface area contributed by atoms with Crippen molar-refractivity contribution in [1.82, 2.24) is 9.97 Å². The van der Waals surface area contributed by atoms with Crippen LogP contribution >= 0.6 is 11.6 Å². The van der Waals surface area contributed by atoms with Gasteiger partial charge >= 0.3 is 0 Å². The van der Waals surface area contributed by atoms with Gasteiger partial charge in [-0.1, -0.05) is 35.9 Å². The Morgan fingerprint density at radius 1 is 1.00 bits per heavy atom. The molecule has 0 radical (unpaired) electrons. The molecular formula is C23H18ClF2N3O. The van der Waals surface area contributed by atoms with Gasteiger partial charge in [-0.15, -0.1) is 0 Å². The molecule has 0 spiro atoms. The lowest BCUT2D eigenvalue weighted by Crippen LogP contribution is -2.10. The molecule has 2 aromatic heterocycles. The molecule has 0 aliphatic carbocycles. The molecule has 30 heavy (non-hydrogen) atoms. The minimum atomic E-state index is -0.517. The standard InChI is InChI=1S/C23H18ClF2N3O/c1-13(29-23-15-5-3-4-6-21(15)27-11-18(23)24)16-9-14(7-8-19(16)25)17-10-22(30-2)28-12-20(17)26/h3-13H,1-2H3,(H,27,29)/t13-/m1/s1. The molecule has 0 saturated heterocycles. The number of benzene rings is 2. The molecule has 4 aromatic rings. The molecule has 7 heteroatoms. The van der Waals surface area contributed by atoms with Crippen molar-refractivity contribution in [3.8, 4) is 17.0 Å². The molecule has 1 N–H and O–H groups in total. The minimum absolute atomic E-state index is 0.276. The summed E-state index contributed by atoms with van der Waals surface area (Å²) in [5.74, 6) is -0.648. The van der Waals surface area contributed by atoms with Crippen LogP contribution in [0.1, 0.15) is 18.5 Å². The maximum atomic E-state index is 14.7. The van der Waals surface area contributed by atoms with E-state index in [1.165, 1.54) is 25.3 Å². The molecule has 2 heterocycles. The van der Waals surface area contributed by atoms with E-state index < -0.39 is 17.7 Å². The SMILES string of the molecule is COc1cc(-c2ccc(F)c([C@@H](C)Nc3c(Cl)cnc4ccccc34)c2)c(F)cn1. The largest absolute Gasteiger partial charge is 0.481 e. The molecule has 0 aliphatic heterocycles. The number of ether oxygens (including phenoxy) is 1. The third-order valence-corrected chi connectivity index (χ3v) is 5.19. The highest BCUT2D eigenvalue weighted by atomic mass is 35.5. The van der Waals surface area contributed by atoms with E-state index in [4.69, 9.17) is 16.3 Å². The first-order chi connectivity index (χ1) is 14.5. The fourth-order valence-corrected chi connectivity index (χ4v) is 3.56. The van der Waals surface area contributed by atoms with Crippen LogP contribution in [0.5, 0.6) is 5.88 Å². The molecule has 2 aromatic carbocycles. The lowest BCUT2D eigenvalue weighted by atomic mass is 9.99. The fraction of sp³-hybridized carbons (Fsp3) is 0.130. The summed E-state index contributed by atoms with van der Waals surface area (Å²) in [5.41, 5.74) is 2.61. The first-order valence-corrected chi connectivity index (χ1v) is 9.65. The zero-order valence-electron chi connectivity index (χ0n) is 16.3. The van der Waals surface area contributed by atoms with Crippen molar-refractivity contribution >= 4 is 28.2 Å². The highest BCUT2D eigenvalue weighted by Crippen LogP contribution is 2.34. The summed E-state index contributed by atoms with van der Waals surface area (Å²) >= 11 is 6.37. The van der Waals surface area contributed by atoms with E-state index in [9.17, 15) is 8.78 Å². The first-order valence-electron chi connectivity index (χ1n) is 9.27. The summed E-state index contributed by atoms with van der Waals surface area (Å²) in [7, 11) is 1.45. The number of para-hydroxylation sites is 1. The second kappa shape index (κ2) is 8.24. The Morgan fingerprint density at radius 2 is 1.80 bits per heavy atom. The zero-order chi connectivity index (χ0) is 21.3. The van der Waals surface area contributed by atoms with Crippen LogP contribution in [-0.4, -0.2) is 17.1 Å². The van der Waals surface area contributed by atoms with Crippen molar-refractivity contribution < 1.29 is 13.5 Å². The Kier molecular flexibility index (Phi) is 5.50. The predicted molar refractivity (Wildman–Crippen MR) is 115 cm³/mol. The third kappa shape index (κ3) is 3.78. The van der Waals surface area contributed by atoms with E-state index in [-0.39, 0.29) is 11.4 Å². The molecule has 0 unspecified atom stereocenters. The van der Waals surface area contributed by atoms with Gasteiger partial charge < -0.3 is 10.1 Å². The van der Waals surface area contributed by atoms with Crippen LogP contribution in [0.25, 0.3) is 22.0 Å². The van der Waals surface area contributed by atoms with Gasteiger partial charge in [-0.2, -0.15) is 0 Å². The maximum Gasteiger partial charge on any atom is 0.213 e. The Balaban J connectivity index is 1.73. The van der Waals surface area contributed by atoms with Gasteiger partial charge in [-0.25, -0.2) is 13.8 Å². The molecular weight excluding hydrogens is 408 g/mol. The van der Waals surface area contributed by atoms with Gasteiger partial charge in [0.25, 0.3) is 0 Å². The molecule has 152 valence electrons. The van der Waals surface area contributed by atoms with Crippen LogP contribution in [-0.2, 0) is 0 Å². The third-order valence-electron chi connectivity index (χ3n) is 4.90. The topological polar surface area (TPSA) is 47.0 Å². The summed E-state index contributed by atoms with van der Waals surface area (Å²) < 4.78 is 34.1.